The van der Waals surface area contributed by atoms with Crippen LogP contribution in [-0.4, -0.2) is 48.0 Å². The van der Waals surface area contributed by atoms with Gasteiger partial charge in [-0.3, -0.25) is 9.69 Å². The van der Waals surface area contributed by atoms with E-state index in [1.807, 2.05) is 43.0 Å². The molecule has 21 heavy (non-hydrogen) atoms. The Labute approximate surface area is 131 Å². The van der Waals surface area contributed by atoms with Crippen molar-refractivity contribution in [1.82, 2.24) is 4.90 Å². The van der Waals surface area contributed by atoms with Crippen LogP contribution in [0.4, 0.5) is 11.4 Å². The Morgan fingerprint density at radius 2 is 1.95 bits per heavy atom. The zero-order chi connectivity index (χ0) is 15.1. The first-order valence-electron chi connectivity index (χ1n) is 7.68. The second kappa shape index (κ2) is 8.29. The normalized spacial score (nSPS) is 17.2. The van der Waals surface area contributed by atoms with Gasteiger partial charge in [0, 0.05) is 31.1 Å². The van der Waals surface area contributed by atoms with Crippen molar-refractivity contribution in [3.63, 3.8) is 0 Å². The number of rotatable bonds is 6. The maximum absolute atomic E-state index is 12.5. The number of nitrogens with zero attached hydrogens (tertiary/aromatic N) is 1. The minimum atomic E-state index is -0.0786. The van der Waals surface area contributed by atoms with Gasteiger partial charge in [0.05, 0.1) is 17.4 Å². The number of para-hydroxylation sites is 2. The van der Waals surface area contributed by atoms with Gasteiger partial charge in [-0.25, -0.2) is 0 Å². The maximum Gasteiger partial charge on any atom is 0.241 e. The van der Waals surface area contributed by atoms with Crippen LogP contribution in [0, 0.1) is 0 Å². The van der Waals surface area contributed by atoms with Gasteiger partial charge in [0.25, 0.3) is 0 Å². The Morgan fingerprint density at radius 1 is 1.29 bits per heavy atom. The molecule has 1 aliphatic heterocycles. The Bertz CT molecular complexity index is 461. The van der Waals surface area contributed by atoms with Gasteiger partial charge in [0.2, 0.25) is 5.91 Å². The van der Waals surface area contributed by atoms with E-state index >= 15 is 0 Å². The molecule has 2 N–H and O–H groups in total. The predicted octanol–water partition coefficient (Wildman–Crippen LogP) is 2.88. The van der Waals surface area contributed by atoms with Crippen LogP contribution in [-0.2, 0) is 4.79 Å². The second-order valence-electron chi connectivity index (χ2n) is 5.29. The molecule has 1 amide bonds. The fraction of sp³-hybridized carbons (Fsp3) is 0.562. The van der Waals surface area contributed by atoms with Crippen LogP contribution in [0.2, 0.25) is 0 Å². The standard InChI is InChI=1S/C16H25N3OS/c1-3-8-17-14-6-4-5-7-15(14)18-16(20)13(2)19-9-11-21-12-10-19/h4-7,13,17H,3,8-12H2,1-2H3,(H,18,20)/t13-/m1/s1. The van der Waals surface area contributed by atoms with Gasteiger partial charge in [0.1, 0.15) is 0 Å². The van der Waals surface area contributed by atoms with Gasteiger partial charge < -0.3 is 10.6 Å². The molecule has 1 saturated heterocycles. The minimum absolute atomic E-state index is 0.0765. The third kappa shape index (κ3) is 4.64. The molecule has 1 aliphatic rings. The van der Waals surface area contributed by atoms with Crippen molar-refractivity contribution in [1.29, 1.82) is 0 Å². The third-order valence-corrected chi connectivity index (χ3v) is 4.67. The lowest BCUT2D eigenvalue weighted by Crippen LogP contribution is -2.46. The van der Waals surface area contributed by atoms with Crippen molar-refractivity contribution in [2.45, 2.75) is 26.3 Å². The van der Waals surface area contributed by atoms with Crippen molar-refractivity contribution in [3.05, 3.63) is 24.3 Å². The molecule has 1 aromatic carbocycles. The van der Waals surface area contributed by atoms with E-state index in [2.05, 4.69) is 22.5 Å². The molecule has 2 rings (SSSR count). The molecule has 0 radical (unpaired) electrons. The van der Waals surface area contributed by atoms with Crippen LogP contribution in [0.25, 0.3) is 0 Å². The summed E-state index contributed by atoms with van der Waals surface area (Å²) in [6.45, 7) is 7.02. The molecule has 1 atom stereocenters. The van der Waals surface area contributed by atoms with Crippen molar-refractivity contribution >= 4 is 29.0 Å². The van der Waals surface area contributed by atoms with E-state index in [9.17, 15) is 4.79 Å². The summed E-state index contributed by atoms with van der Waals surface area (Å²) in [7, 11) is 0. The monoisotopic (exact) mass is 307 g/mol. The smallest absolute Gasteiger partial charge is 0.241 e. The first-order valence-corrected chi connectivity index (χ1v) is 8.83. The van der Waals surface area contributed by atoms with Crippen molar-refractivity contribution < 1.29 is 4.79 Å². The van der Waals surface area contributed by atoms with Crippen molar-refractivity contribution in [3.8, 4) is 0 Å². The van der Waals surface area contributed by atoms with Crippen LogP contribution in [0.5, 0.6) is 0 Å². The number of benzene rings is 1. The lowest BCUT2D eigenvalue weighted by Gasteiger charge is -2.31. The van der Waals surface area contributed by atoms with Gasteiger partial charge in [-0.2, -0.15) is 11.8 Å². The Balaban J connectivity index is 1.98. The fourth-order valence-electron chi connectivity index (χ4n) is 2.37. The second-order valence-corrected chi connectivity index (χ2v) is 6.51. The van der Waals surface area contributed by atoms with E-state index in [1.54, 1.807) is 0 Å². The molecule has 5 heteroatoms. The summed E-state index contributed by atoms with van der Waals surface area (Å²) >= 11 is 1.96. The van der Waals surface area contributed by atoms with E-state index in [0.717, 1.165) is 48.9 Å². The van der Waals surface area contributed by atoms with Gasteiger partial charge in [0.15, 0.2) is 0 Å². The number of hydrogen-bond donors (Lipinski definition) is 2. The molecule has 4 nitrogen and oxygen atoms in total. The number of thioether (sulfide) groups is 1. The molecular weight excluding hydrogens is 282 g/mol. The Kier molecular flexibility index (Phi) is 6.39. The van der Waals surface area contributed by atoms with Gasteiger partial charge in [-0.15, -0.1) is 0 Å². The Hall–Kier alpha value is -1.20. The number of carbonyl (C=O) groups excluding carboxylic acids is 1. The third-order valence-electron chi connectivity index (χ3n) is 3.72. The van der Waals surface area contributed by atoms with Crippen molar-refractivity contribution in [2.24, 2.45) is 0 Å². The molecule has 0 unspecified atom stereocenters. The lowest BCUT2D eigenvalue weighted by atomic mass is 10.2. The number of amides is 1. The lowest BCUT2D eigenvalue weighted by molar-refractivity contribution is -0.120. The first-order chi connectivity index (χ1) is 10.2. The number of hydrogen-bond acceptors (Lipinski definition) is 4. The van der Waals surface area contributed by atoms with Crippen LogP contribution in [0.15, 0.2) is 24.3 Å². The molecular formula is C16H25N3OS. The van der Waals surface area contributed by atoms with E-state index in [-0.39, 0.29) is 11.9 Å². The average Bonchev–Trinajstić information content (AvgIpc) is 2.54. The van der Waals surface area contributed by atoms with Crippen LogP contribution in [0.3, 0.4) is 0 Å². The summed E-state index contributed by atoms with van der Waals surface area (Å²) in [6, 6.07) is 7.82. The summed E-state index contributed by atoms with van der Waals surface area (Å²) < 4.78 is 0. The number of carbonyl (C=O) groups is 1. The quantitative estimate of drug-likeness (QED) is 0.848. The van der Waals surface area contributed by atoms with Crippen LogP contribution < -0.4 is 10.6 Å². The summed E-state index contributed by atoms with van der Waals surface area (Å²) in [5.74, 6) is 2.31. The van der Waals surface area contributed by atoms with E-state index < -0.39 is 0 Å². The predicted molar refractivity (Wildman–Crippen MR) is 92.2 cm³/mol. The maximum atomic E-state index is 12.5. The van der Waals surface area contributed by atoms with Crippen LogP contribution >= 0.6 is 11.8 Å². The molecule has 0 aromatic heterocycles. The highest BCUT2D eigenvalue weighted by atomic mass is 32.2. The van der Waals surface area contributed by atoms with E-state index in [1.165, 1.54) is 0 Å². The summed E-state index contributed by atoms with van der Waals surface area (Å²) in [5, 5.41) is 6.42. The van der Waals surface area contributed by atoms with Gasteiger partial charge in [-0.1, -0.05) is 19.1 Å². The topological polar surface area (TPSA) is 44.4 Å². The highest BCUT2D eigenvalue weighted by Gasteiger charge is 2.23. The van der Waals surface area contributed by atoms with Gasteiger partial charge >= 0.3 is 0 Å². The fourth-order valence-corrected chi connectivity index (χ4v) is 3.31. The highest BCUT2D eigenvalue weighted by molar-refractivity contribution is 7.99. The molecule has 1 heterocycles. The highest BCUT2D eigenvalue weighted by Crippen LogP contribution is 2.22. The SMILES string of the molecule is CCCNc1ccccc1NC(=O)[C@@H](C)N1CCSCC1. The molecule has 0 aliphatic carbocycles. The first kappa shape index (κ1) is 16.2. The van der Waals surface area contributed by atoms with Crippen LogP contribution in [0.1, 0.15) is 20.3 Å². The molecule has 1 aromatic rings. The zero-order valence-electron chi connectivity index (χ0n) is 12.9. The molecule has 116 valence electrons. The minimum Gasteiger partial charge on any atom is -0.383 e. The van der Waals surface area contributed by atoms with E-state index in [0.29, 0.717) is 0 Å². The van der Waals surface area contributed by atoms with E-state index in [4.69, 9.17) is 0 Å². The molecule has 1 fully saturated rings. The summed E-state index contributed by atoms with van der Waals surface area (Å²) in [5.41, 5.74) is 1.86. The van der Waals surface area contributed by atoms with Crippen molar-refractivity contribution in [2.75, 3.05) is 41.8 Å². The summed E-state index contributed by atoms with van der Waals surface area (Å²) in [6.07, 6.45) is 1.06. The van der Waals surface area contributed by atoms with Gasteiger partial charge in [-0.05, 0) is 25.5 Å². The Morgan fingerprint density at radius 3 is 2.62 bits per heavy atom. The molecule has 0 spiro atoms. The number of anilines is 2. The molecule has 0 bridgehead atoms. The summed E-state index contributed by atoms with van der Waals surface area (Å²) in [4.78, 5) is 14.7. The average molecular weight is 307 g/mol. The zero-order valence-corrected chi connectivity index (χ0v) is 13.7. The molecule has 0 saturated carbocycles. The number of nitrogens with one attached hydrogen (secondary N) is 2. The largest absolute Gasteiger partial charge is 0.383 e.